The van der Waals surface area contributed by atoms with Crippen molar-refractivity contribution in [1.29, 1.82) is 0 Å². The average Bonchev–Trinajstić information content (AvgIpc) is 2.98. The van der Waals surface area contributed by atoms with Crippen molar-refractivity contribution < 1.29 is 18.3 Å². The van der Waals surface area contributed by atoms with E-state index in [0.717, 1.165) is 0 Å². The highest BCUT2D eigenvalue weighted by atomic mass is 19.1. The molecule has 86 valence electrons. The zero-order valence-corrected chi connectivity index (χ0v) is 8.87. The predicted molar refractivity (Wildman–Crippen MR) is 53.8 cm³/mol. The van der Waals surface area contributed by atoms with Gasteiger partial charge in [0.15, 0.2) is 0 Å². The number of benzene rings is 1. The SMILES string of the molecule is CCOC(=O)C1CC1c1c(F)cccc1F. The van der Waals surface area contributed by atoms with Gasteiger partial charge < -0.3 is 4.74 Å². The maximum absolute atomic E-state index is 13.4. The van der Waals surface area contributed by atoms with Crippen LogP contribution in [0.4, 0.5) is 8.78 Å². The van der Waals surface area contributed by atoms with E-state index in [0.29, 0.717) is 13.0 Å². The van der Waals surface area contributed by atoms with Crippen molar-refractivity contribution in [2.45, 2.75) is 19.3 Å². The van der Waals surface area contributed by atoms with Gasteiger partial charge in [-0.2, -0.15) is 0 Å². The van der Waals surface area contributed by atoms with Crippen LogP contribution in [-0.4, -0.2) is 12.6 Å². The van der Waals surface area contributed by atoms with E-state index in [1.165, 1.54) is 18.2 Å². The molecular formula is C12H12F2O2. The number of halogens is 2. The first-order valence-electron chi connectivity index (χ1n) is 5.25. The van der Waals surface area contributed by atoms with Crippen LogP contribution in [0.15, 0.2) is 18.2 Å². The number of ether oxygens (including phenoxy) is 1. The van der Waals surface area contributed by atoms with Crippen molar-refractivity contribution in [3.63, 3.8) is 0 Å². The van der Waals surface area contributed by atoms with E-state index >= 15 is 0 Å². The molecule has 16 heavy (non-hydrogen) atoms. The van der Waals surface area contributed by atoms with Crippen molar-refractivity contribution in [3.8, 4) is 0 Å². The van der Waals surface area contributed by atoms with Gasteiger partial charge in [-0.05, 0) is 25.5 Å². The average molecular weight is 226 g/mol. The summed E-state index contributed by atoms with van der Waals surface area (Å²) in [5.74, 6) is -2.28. The van der Waals surface area contributed by atoms with Gasteiger partial charge in [-0.25, -0.2) is 8.78 Å². The molecule has 0 heterocycles. The number of hydrogen-bond acceptors (Lipinski definition) is 2. The Morgan fingerprint density at radius 1 is 1.44 bits per heavy atom. The lowest BCUT2D eigenvalue weighted by molar-refractivity contribution is -0.144. The number of hydrogen-bond donors (Lipinski definition) is 0. The summed E-state index contributed by atoms with van der Waals surface area (Å²) >= 11 is 0. The van der Waals surface area contributed by atoms with E-state index in [2.05, 4.69) is 0 Å². The van der Waals surface area contributed by atoms with Gasteiger partial charge in [0.1, 0.15) is 11.6 Å². The summed E-state index contributed by atoms with van der Waals surface area (Å²) in [7, 11) is 0. The molecule has 2 rings (SSSR count). The smallest absolute Gasteiger partial charge is 0.309 e. The minimum absolute atomic E-state index is 0.0144. The van der Waals surface area contributed by atoms with Crippen LogP contribution in [0, 0.1) is 17.6 Å². The maximum atomic E-state index is 13.4. The third kappa shape index (κ3) is 1.92. The van der Waals surface area contributed by atoms with E-state index in [-0.39, 0.29) is 23.4 Å². The van der Waals surface area contributed by atoms with Gasteiger partial charge in [-0.3, -0.25) is 4.79 Å². The Kier molecular flexibility index (Phi) is 2.90. The summed E-state index contributed by atoms with van der Waals surface area (Å²) < 4.78 is 31.6. The molecule has 1 saturated carbocycles. The molecule has 0 aromatic heterocycles. The van der Waals surface area contributed by atoms with E-state index in [1.807, 2.05) is 0 Å². The number of carbonyl (C=O) groups is 1. The second kappa shape index (κ2) is 4.20. The van der Waals surface area contributed by atoms with Crippen LogP contribution in [0.25, 0.3) is 0 Å². The fraction of sp³-hybridized carbons (Fsp3) is 0.417. The van der Waals surface area contributed by atoms with Crippen LogP contribution >= 0.6 is 0 Å². The predicted octanol–water partition coefficient (Wildman–Crippen LogP) is 2.63. The third-order valence-electron chi connectivity index (χ3n) is 2.75. The Morgan fingerprint density at radius 2 is 2.06 bits per heavy atom. The molecule has 2 atom stereocenters. The molecule has 0 spiro atoms. The molecule has 1 aromatic carbocycles. The van der Waals surface area contributed by atoms with Crippen LogP contribution in [-0.2, 0) is 9.53 Å². The summed E-state index contributed by atoms with van der Waals surface area (Å²) in [6, 6.07) is 3.73. The molecule has 0 N–H and O–H groups in total. The highest BCUT2D eigenvalue weighted by Gasteiger charge is 2.47. The zero-order chi connectivity index (χ0) is 11.7. The van der Waals surface area contributed by atoms with E-state index < -0.39 is 11.6 Å². The highest BCUT2D eigenvalue weighted by Crippen LogP contribution is 2.49. The molecule has 0 bridgehead atoms. The summed E-state index contributed by atoms with van der Waals surface area (Å²) in [6.07, 6.45) is 0.469. The molecule has 0 amide bonds. The van der Waals surface area contributed by atoms with Crippen molar-refractivity contribution in [2.24, 2.45) is 5.92 Å². The quantitative estimate of drug-likeness (QED) is 0.740. The molecule has 1 aromatic rings. The molecule has 1 aliphatic carbocycles. The lowest BCUT2D eigenvalue weighted by atomic mass is 10.1. The zero-order valence-electron chi connectivity index (χ0n) is 8.87. The maximum Gasteiger partial charge on any atom is 0.309 e. The van der Waals surface area contributed by atoms with E-state index in [1.54, 1.807) is 6.92 Å². The summed E-state index contributed by atoms with van der Waals surface area (Å²) in [5, 5.41) is 0. The van der Waals surface area contributed by atoms with Crippen LogP contribution < -0.4 is 0 Å². The standard InChI is InChI=1S/C12H12F2O2/c1-2-16-12(15)8-6-7(8)11-9(13)4-3-5-10(11)14/h3-5,7-8H,2,6H2,1H3. The Bertz CT molecular complexity index is 397. The molecule has 0 saturated heterocycles. The Labute approximate surface area is 92.2 Å². The normalized spacial score (nSPS) is 22.9. The second-order valence-corrected chi connectivity index (χ2v) is 3.84. The Balaban J connectivity index is 2.14. The van der Waals surface area contributed by atoms with Crippen LogP contribution in [0.1, 0.15) is 24.8 Å². The third-order valence-corrected chi connectivity index (χ3v) is 2.75. The summed E-state index contributed by atoms with van der Waals surface area (Å²) in [4.78, 5) is 11.3. The Morgan fingerprint density at radius 3 is 2.62 bits per heavy atom. The summed E-state index contributed by atoms with van der Waals surface area (Å²) in [5.41, 5.74) is 0.0144. The first-order chi connectivity index (χ1) is 7.65. The minimum Gasteiger partial charge on any atom is -0.466 e. The topological polar surface area (TPSA) is 26.3 Å². The highest BCUT2D eigenvalue weighted by molar-refractivity contribution is 5.77. The van der Waals surface area contributed by atoms with Crippen molar-refractivity contribution >= 4 is 5.97 Å². The molecule has 1 fully saturated rings. The van der Waals surface area contributed by atoms with E-state index in [4.69, 9.17) is 4.74 Å². The molecule has 1 aliphatic rings. The van der Waals surface area contributed by atoms with Gasteiger partial charge in [0.2, 0.25) is 0 Å². The van der Waals surface area contributed by atoms with Crippen molar-refractivity contribution in [3.05, 3.63) is 35.4 Å². The Hall–Kier alpha value is -1.45. The largest absolute Gasteiger partial charge is 0.466 e. The lowest BCUT2D eigenvalue weighted by Gasteiger charge is -2.04. The van der Waals surface area contributed by atoms with Gasteiger partial charge in [0, 0.05) is 11.5 Å². The van der Waals surface area contributed by atoms with Crippen LogP contribution in [0.2, 0.25) is 0 Å². The van der Waals surface area contributed by atoms with E-state index in [9.17, 15) is 13.6 Å². The van der Waals surface area contributed by atoms with Gasteiger partial charge >= 0.3 is 5.97 Å². The lowest BCUT2D eigenvalue weighted by Crippen LogP contribution is -2.08. The van der Waals surface area contributed by atoms with Gasteiger partial charge in [0.25, 0.3) is 0 Å². The second-order valence-electron chi connectivity index (χ2n) is 3.84. The fourth-order valence-corrected chi connectivity index (χ4v) is 1.89. The molecule has 2 nitrogen and oxygen atoms in total. The summed E-state index contributed by atoms with van der Waals surface area (Å²) in [6.45, 7) is 2.00. The van der Waals surface area contributed by atoms with Gasteiger partial charge in [-0.1, -0.05) is 6.07 Å². The van der Waals surface area contributed by atoms with Crippen molar-refractivity contribution in [2.75, 3.05) is 6.61 Å². The molecule has 0 aliphatic heterocycles. The minimum atomic E-state index is -0.586. The number of carbonyl (C=O) groups excluding carboxylic acids is 1. The number of rotatable bonds is 3. The first-order valence-corrected chi connectivity index (χ1v) is 5.25. The molecule has 4 heteroatoms. The van der Waals surface area contributed by atoms with Crippen molar-refractivity contribution in [1.82, 2.24) is 0 Å². The molecule has 2 unspecified atom stereocenters. The number of esters is 1. The molecule has 0 radical (unpaired) electrons. The van der Waals surface area contributed by atoms with Crippen LogP contribution in [0.5, 0.6) is 0 Å². The van der Waals surface area contributed by atoms with Crippen LogP contribution in [0.3, 0.4) is 0 Å². The van der Waals surface area contributed by atoms with Gasteiger partial charge in [0.05, 0.1) is 12.5 Å². The molecular weight excluding hydrogens is 214 g/mol. The first kappa shape index (κ1) is 11.0. The fourth-order valence-electron chi connectivity index (χ4n) is 1.89. The van der Waals surface area contributed by atoms with Gasteiger partial charge in [-0.15, -0.1) is 0 Å². The monoisotopic (exact) mass is 226 g/mol.